The quantitative estimate of drug-likeness (QED) is 0.326. The van der Waals surface area contributed by atoms with Gasteiger partial charge in [0, 0.05) is 42.0 Å². The van der Waals surface area contributed by atoms with Gasteiger partial charge in [0.2, 0.25) is 0 Å². The number of piperidine rings is 1. The monoisotopic (exact) mass is 468 g/mol. The molecule has 1 aromatic carbocycles. The van der Waals surface area contributed by atoms with E-state index in [4.69, 9.17) is 9.51 Å². The standard InChI is InChI=1S/C28H28N4OS/c1-17-5-8-22-23(14-17)34-27(30-22)32-12-9-28(10-13-32)15-20(16-28)24-25(21-4-3-11-29-18(21)2)31-33-26(24)19-6-7-19/h3-5,8,11,14-15,19H,6-7,9-10,12-13,16H2,1-2H3. The predicted molar refractivity (Wildman–Crippen MR) is 137 cm³/mol. The number of rotatable bonds is 4. The Morgan fingerprint density at radius 3 is 2.71 bits per heavy atom. The zero-order valence-electron chi connectivity index (χ0n) is 19.7. The molecule has 5 nitrogen and oxygen atoms in total. The Bertz CT molecular complexity index is 1440. The molecule has 0 N–H and O–H groups in total. The number of thiazole rings is 1. The van der Waals surface area contributed by atoms with E-state index in [1.165, 1.54) is 52.2 Å². The summed E-state index contributed by atoms with van der Waals surface area (Å²) in [5, 5.41) is 5.72. The summed E-state index contributed by atoms with van der Waals surface area (Å²) in [5.41, 5.74) is 8.49. The van der Waals surface area contributed by atoms with Crippen LogP contribution < -0.4 is 4.90 Å². The van der Waals surface area contributed by atoms with Crippen LogP contribution in [0, 0.1) is 19.3 Å². The van der Waals surface area contributed by atoms with Gasteiger partial charge in [0.25, 0.3) is 0 Å². The molecular weight excluding hydrogens is 440 g/mol. The lowest BCUT2D eigenvalue weighted by Crippen LogP contribution is -2.42. The molecule has 0 bridgehead atoms. The van der Waals surface area contributed by atoms with Crippen LogP contribution in [-0.4, -0.2) is 28.2 Å². The van der Waals surface area contributed by atoms with Crippen LogP contribution in [0.5, 0.6) is 0 Å². The van der Waals surface area contributed by atoms with Gasteiger partial charge in [0.05, 0.1) is 10.2 Å². The molecule has 2 fully saturated rings. The van der Waals surface area contributed by atoms with Crippen molar-refractivity contribution in [2.45, 2.75) is 51.9 Å². The Balaban J connectivity index is 1.14. The van der Waals surface area contributed by atoms with Crippen LogP contribution in [0.2, 0.25) is 0 Å². The fourth-order valence-corrected chi connectivity index (χ4v) is 6.77. The SMILES string of the molecule is Cc1ccc2nc(N3CCC4(C=C(c5c(-c6cccnc6C)noc5C5CC5)C4)CC3)sc2c1. The highest BCUT2D eigenvalue weighted by molar-refractivity contribution is 7.22. The second-order valence-electron chi connectivity index (χ2n) is 10.3. The summed E-state index contributed by atoms with van der Waals surface area (Å²) in [5.74, 6) is 1.64. The highest BCUT2D eigenvalue weighted by Crippen LogP contribution is 2.56. The number of anilines is 1. The van der Waals surface area contributed by atoms with Crippen LogP contribution in [0.25, 0.3) is 27.0 Å². The number of benzene rings is 1. The lowest BCUT2D eigenvalue weighted by Gasteiger charge is -2.46. The molecule has 172 valence electrons. The Hall–Kier alpha value is -2.99. The van der Waals surface area contributed by atoms with Crippen molar-refractivity contribution in [3.63, 3.8) is 0 Å². The molecule has 4 aromatic rings. The predicted octanol–water partition coefficient (Wildman–Crippen LogP) is 6.91. The largest absolute Gasteiger partial charge is 0.360 e. The summed E-state index contributed by atoms with van der Waals surface area (Å²) in [7, 11) is 0. The number of fused-ring (bicyclic) bond motifs is 1. The molecule has 1 saturated heterocycles. The van der Waals surface area contributed by atoms with Gasteiger partial charge < -0.3 is 9.42 Å². The van der Waals surface area contributed by atoms with Crippen molar-refractivity contribution < 1.29 is 4.52 Å². The van der Waals surface area contributed by atoms with E-state index in [1.807, 2.05) is 23.6 Å². The molecule has 0 radical (unpaired) electrons. The molecule has 0 amide bonds. The van der Waals surface area contributed by atoms with Gasteiger partial charge in [-0.2, -0.15) is 0 Å². The van der Waals surface area contributed by atoms with Crippen molar-refractivity contribution in [2.75, 3.05) is 18.0 Å². The normalized spacial score (nSPS) is 19.5. The third kappa shape index (κ3) is 3.30. The van der Waals surface area contributed by atoms with E-state index >= 15 is 0 Å². The van der Waals surface area contributed by atoms with Gasteiger partial charge in [-0.05, 0) is 86.8 Å². The Morgan fingerprint density at radius 1 is 1.12 bits per heavy atom. The molecule has 3 aromatic heterocycles. The van der Waals surface area contributed by atoms with Crippen molar-refractivity contribution in [3.8, 4) is 11.3 Å². The topological polar surface area (TPSA) is 55.1 Å². The van der Waals surface area contributed by atoms with Crippen molar-refractivity contribution in [3.05, 3.63) is 65.2 Å². The second kappa shape index (κ2) is 7.51. The maximum absolute atomic E-state index is 5.94. The van der Waals surface area contributed by atoms with E-state index in [1.54, 1.807) is 0 Å². The number of aromatic nitrogens is 3. The summed E-state index contributed by atoms with van der Waals surface area (Å²) in [6.45, 7) is 6.34. The first-order valence-electron chi connectivity index (χ1n) is 12.3. The lowest BCUT2D eigenvalue weighted by molar-refractivity contribution is 0.277. The van der Waals surface area contributed by atoms with Crippen LogP contribution in [0.1, 0.15) is 60.6 Å². The maximum atomic E-state index is 5.94. The highest BCUT2D eigenvalue weighted by Gasteiger charge is 2.44. The molecule has 1 saturated carbocycles. The molecule has 0 unspecified atom stereocenters. The van der Waals surface area contributed by atoms with Crippen molar-refractivity contribution in [2.24, 2.45) is 5.41 Å². The molecule has 7 rings (SSSR count). The smallest absolute Gasteiger partial charge is 0.186 e. The van der Waals surface area contributed by atoms with Gasteiger partial charge in [-0.15, -0.1) is 0 Å². The summed E-state index contributed by atoms with van der Waals surface area (Å²) < 4.78 is 7.23. The average Bonchev–Trinajstić information content (AvgIpc) is 3.44. The zero-order chi connectivity index (χ0) is 22.9. The number of aryl methyl sites for hydroxylation is 2. The van der Waals surface area contributed by atoms with Gasteiger partial charge in [-0.3, -0.25) is 4.98 Å². The minimum Gasteiger partial charge on any atom is -0.360 e. The van der Waals surface area contributed by atoms with E-state index in [2.05, 4.69) is 59.2 Å². The van der Waals surface area contributed by atoms with Crippen LogP contribution in [0.3, 0.4) is 0 Å². The number of allylic oxidation sites excluding steroid dienone is 2. The zero-order valence-corrected chi connectivity index (χ0v) is 20.5. The van der Waals surface area contributed by atoms with E-state index in [9.17, 15) is 0 Å². The molecule has 4 heterocycles. The Labute approximate surface area is 203 Å². The van der Waals surface area contributed by atoms with Crippen LogP contribution >= 0.6 is 11.3 Å². The fourth-order valence-electron chi connectivity index (χ4n) is 5.66. The van der Waals surface area contributed by atoms with Gasteiger partial charge >= 0.3 is 0 Å². The molecule has 0 atom stereocenters. The van der Waals surface area contributed by atoms with Crippen molar-refractivity contribution >= 4 is 32.3 Å². The maximum Gasteiger partial charge on any atom is 0.186 e. The molecule has 6 heteroatoms. The van der Waals surface area contributed by atoms with E-state index in [0.717, 1.165) is 47.7 Å². The lowest BCUT2D eigenvalue weighted by atomic mass is 9.63. The Kier molecular flexibility index (Phi) is 4.50. The average molecular weight is 469 g/mol. The molecular formula is C28H28N4OS. The van der Waals surface area contributed by atoms with E-state index in [0.29, 0.717) is 11.3 Å². The summed E-state index contributed by atoms with van der Waals surface area (Å²) in [6, 6.07) is 10.7. The minimum absolute atomic E-state index is 0.304. The first-order valence-corrected chi connectivity index (χ1v) is 13.2. The molecule has 3 aliphatic rings. The number of pyridine rings is 1. The van der Waals surface area contributed by atoms with Gasteiger partial charge in [0.1, 0.15) is 11.5 Å². The number of hydrogen-bond donors (Lipinski definition) is 0. The third-order valence-corrected chi connectivity index (χ3v) is 8.91. The Morgan fingerprint density at radius 2 is 1.94 bits per heavy atom. The van der Waals surface area contributed by atoms with Gasteiger partial charge in [0.15, 0.2) is 5.13 Å². The van der Waals surface area contributed by atoms with Crippen LogP contribution in [-0.2, 0) is 0 Å². The van der Waals surface area contributed by atoms with Crippen molar-refractivity contribution in [1.82, 2.24) is 15.1 Å². The van der Waals surface area contributed by atoms with E-state index < -0.39 is 0 Å². The van der Waals surface area contributed by atoms with Crippen LogP contribution in [0.4, 0.5) is 5.13 Å². The summed E-state index contributed by atoms with van der Waals surface area (Å²) in [4.78, 5) is 11.9. The minimum atomic E-state index is 0.304. The molecule has 1 aliphatic heterocycles. The first-order chi connectivity index (χ1) is 16.6. The van der Waals surface area contributed by atoms with Crippen molar-refractivity contribution in [1.29, 1.82) is 0 Å². The molecule has 2 aliphatic carbocycles. The summed E-state index contributed by atoms with van der Waals surface area (Å²) in [6.07, 6.45) is 10.3. The number of hydrogen-bond acceptors (Lipinski definition) is 6. The third-order valence-electron chi connectivity index (χ3n) is 7.84. The first kappa shape index (κ1) is 20.4. The fraction of sp³-hybridized carbons (Fsp3) is 0.393. The van der Waals surface area contributed by atoms with E-state index in [-0.39, 0.29) is 0 Å². The summed E-state index contributed by atoms with van der Waals surface area (Å²) >= 11 is 1.83. The van der Waals surface area contributed by atoms with Gasteiger partial charge in [-0.25, -0.2) is 4.98 Å². The van der Waals surface area contributed by atoms with Gasteiger partial charge in [-0.1, -0.05) is 28.6 Å². The van der Waals surface area contributed by atoms with Crippen LogP contribution in [0.15, 0.2) is 47.1 Å². The molecule has 1 spiro atoms. The second-order valence-corrected chi connectivity index (χ2v) is 11.4. The number of nitrogens with zero attached hydrogens (tertiary/aromatic N) is 4. The molecule has 34 heavy (non-hydrogen) atoms. The highest BCUT2D eigenvalue weighted by atomic mass is 32.1.